The second-order valence-corrected chi connectivity index (χ2v) is 5.89. The normalized spacial score (nSPS) is 12.2. The molecule has 0 aromatic carbocycles. The van der Waals surface area contributed by atoms with Crippen LogP contribution in [0.3, 0.4) is 0 Å². The van der Waals surface area contributed by atoms with Gasteiger partial charge in [-0.15, -0.1) is 0 Å². The zero-order valence-corrected chi connectivity index (χ0v) is 13.1. The molecule has 1 heterocycles. The van der Waals surface area contributed by atoms with Crippen LogP contribution in [0.2, 0.25) is 0 Å². The molecule has 1 aromatic heterocycles. The van der Waals surface area contributed by atoms with E-state index in [1.54, 1.807) is 19.1 Å². The molecule has 1 unspecified atom stereocenters. The quantitative estimate of drug-likeness (QED) is 0.809. The second-order valence-electron chi connectivity index (χ2n) is 5.89. The Bertz CT molecular complexity index is 512. The number of carboxylic acids is 1. The molecule has 0 aliphatic carbocycles. The summed E-state index contributed by atoms with van der Waals surface area (Å²) in [5, 5.41) is 11.8. The van der Waals surface area contributed by atoms with Gasteiger partial charge < -0.3 is 10.4 Å². The molecule has 1 rings (SSSR count). The zero-order chi connectivity index (χ0) is 16.0. The molecule has 0 spiro atoms. The average molecular weight is 292 g/mol. The first-order valence-electron chi connectivity index (χ1n) is 7.23. The lowest BCUT2D eigenvalue weighted by Crippen LogP contribution is -2.31. The predicted molar refractivity (Wildman–Crippen MR) is 81.2 cm³/mol. The maximum Gasteiger partial charge on any atom is 0.303 e. The van der Waals surface area contributed by atoms with Gasteiger partial charge in [-0.05, 0) is 44.2 Å². The van der Waals surface area contributed by atoms with Crippen molar-refractivity contribution in [2.75, 3.05) is 6.54 Å². The highest BCUT2D eigenvalue weighted by Gasteiger charge is 2.17. The van der Waals surface area contributed by atoms with Crippen LogP contribution in [0.4, 0.5) is 0 Å². The number of hydrogen-bond acceptors (Lipinski definition) is 3. The Morgan fingerprint density at radius 3 is 2.48 bits per heavy atom. The van der Waals surface area contributed by atoms with E-state index in [0.717, 1.165) is 12.1 Å². The number of aliphatic carboxylic acids is 1. The topological polar surface area (TPSA) is 79.3 Å². The number of nitrogens with one attached hydrogen (secondary N) is 1. The van der Waals surface area contributed by atoms with Crippen LogP contribution < -0.4 is 5.32 Å². The monoisotopic (exact) mass is 292 g/mol. The van der Waals surface area contributed by atoms with Crippen LogP contribution in [0.5, 0.6) is 0 Å². The first-order valence-corrected chi connectivity index (χ1v) is 7.23. The highest BCUT2D eigenvalue weighted by molar-refractivity contribution is 5.95. The first kappa shape index (κ1) is 17.1. The summed E-state index contributed by atoms with van der Waals surface area (Å²) in [7, 11) is 0. The number of carbonyl (C=O) groups is 2. The fourth-order valence-electron chi connectivity index (χ4n) is 2.41. The number of rotatable bonds is 7. The van der Waals surface area contributed by atoms with Crippen LogP contribution in [-0.4, -0.2) is 28.5 Å². The first-order chi connectivity index (χ1) is 9.79. The Hall–Kier alpha value is -1.91. The van der Waals surface area contributed by atoms with Crippen molar-refractivity contribution in [2.45, 2.75) is 40.5 Å². The Labute approximate surface area is 125 Å². The zero-order valence-electron chi connectivity index (χ0n) is 13.1. The van der Waals surface area contributed by atoms with Crippen molar-refractivity contribution in [3.63, 3.8) is 0 Å². The van der Waals surface area contributed by atoms with E-state index in [4.69, 9.17) is 5.11 Å². The number of amides is 1. The van der Waals surface area contributed by atoms with Crippen LogP contribution in [0, 0.1) is 25.7 Å². The van der Waals surface area contributed by atoms with E-state index in [9.17, 15) is 9.59 Å². The molecule has 116 valence electrons. The summed E-state index contributed by atoms with van der Waals surface area (Å²) in [6, 6.07) is 3.55. The van der Waals surface area contributed by atoms with Gasteiger partial charge >= 0.3 is 5.97 Å². The number of pyridine rings is 1. The van der Waals surface area contributed by atoms with E-state index in [0.29, 0.717) is 23.7 Å². The molecule has 2 N–H and O–H groups in total. The molecule has 0 aliphatic heterocycles. The minimum Gasteiger partial charge on any atom is -0.481 e. The van der Waals surface area contributed by atoms with Gasteiger partial charge in [0.15, 0.2) is 0 Å². The number of nitrogens with zero attached hydrogens (tertiary/aromatic N) is 1. The second kappa shape index (κ2) is 7.76. The van der Waals surface area contributed by atoms with Gasteiger partial charge in [0.1, 0.15) is 0 Å². The number of aryl methyl sites for hydroxylation is 2. The molecule has 21 heavy (non-hydrogen) atoms. The number of aromatic nitrogens is 1. The largest absolute Gasteiger partial charge is 0.481 e. The summed E-state index contributed by atoms with van der Waals surface area (Å²) in [4.78, 5) is 27.3. The molecule has 0 saturated carbocycles. The van der Waals surface area contributed by atoms with Gasteiger partial charge in [0, 0.05) is 18.7 Å². The van der Waals surface area contributed by atoms with Gasteiger partial charge in [-0.2, -0.15) is 0 Å². The summed E-state index contributed by atoms with van der Waals surface area (Å²) in [6.45, 7) is 8.14. The fourth-order valence-corrected chi connectivity index (χ4v) is 2.41. The third-order valence-electron chi connectivity index (χ3n) is 3.29. The van der Waals surface area contributed by atoms with E-state index >= 15 is 0 Å². The van der Waals surface area contributed by atoms with E-state index in [1.807, 2.05) is 20.8 Å². The van der Waals surface area contributed by atoms with Gasteiger partial charge in [-0.1, -0.05) is 13.8 Å². The van der Waals surface area contributed by atoms with Gasteiger partial charge in [0.2, 0.25) is 0 Å². The molecule has 5 heteroatoms. The summed E-state index contributed by atoms with van der Waals surface area (Å²) in [5.41, 5.74) is 2.10. The van der Waals surface area contributed by atoms with Gasteiger partial charge in [-0.3, -0.25) is 14.6 Å². The molecule has 1 atom stereocenters. The van der Waals surface area contributed by atoms with Crippen molar-refractivity contribution in [3.05, 3.63) is 29.1 Å². The Balaban J connectivity index is 2.65. The van der Waals surface area contributed by atoms with Gasteiger partial charge in [-0.25, -0.2) is 0 Å². The molecule has 1 aromatic rings. The molecule has 5 nitrogen and oxygen atoms in total. The highest BCUT2D eigenvalue weighted by Crippen LogP contribution is 2.15. The third-order valence-corrected chi connectivity index (χ3v) is 3.29. The molecular formula is C16H24N2O3. The summed E-state index contributed by atoms with van der Waals surface area (Å²) < 4.78 is 0. The Morgan fingerprint density at radius 1 is 1.29 bits per heavy atom. The van der Waals surface area contributed by atoms with Crippen molar-refractivity contribution >= 4 is 11.9 Å². The minimum atomic E-state index is -0.830. The van der Waals surface area contributed by atoms with E-state index in [2.05, 4.69) is 10.3 Å². The fraction of sp³-hybridized carbons (Fsp3) is 0.562. The van der Waals surface area contributed by atoms with Crippen LogP contribution in [-0.2, 0) is 4.79 Å². The SMILES string of the molecule is Cc1ccc(C(=O)NCC(CC(=O)O)CC(C)C)c(C)n1. The van der Waals surface area contributed by atoms with E-state index in [1.165, 1.54) is 0 Å². The van der Waals surface area contributed by atoms with Crippen LogP contribution in [0.15, 0.2) is 12.1 Å². The smallest absolute Gasteiger partial charge is 0.303 e. The number of carbonyl (C=O) groups excluding carboxylic acids is 1. The lowest BCUT2D eigenvalue weighted by atomic mass is 9.94. The van der Waals surface area contributed by atoms with Crippen molar-refractivity contribution < 1.29 is 14.7 Å². The van der Waals surface area contributed by atoms with Crippen molar-refractivity contribution in [1.29, 1.82) is 0 Å². The van der Waals surface area contributed by atoms with Crippen molar-refractivity contribution in [3.8, 4) is 0 Å². The standard InChI is InChI=1S/C16H24N2O3/c1-10(2)7-13(8-15(19)20)9-17-16(21)14-6-5-11(3)18-12(14)4/h5-6,10,13H,7-9H2,1-4H3,(H,17,21)(H,19,20). The van der Waals surface area contributed by atoms with Crippen LogP contribution >= 0.6 is 0 Å². The van der Waals surface area contributed by atoms with Crippen LogP contribution in [0.1, 0.15) is 48.4 Å². The molecule has 0 radical (unpaired) electrons. The average Bonchev–Trinajstić information content (AvgIpc) is 2.34. The highest BCUT2D eigenvalue weighted by atomic mass is 16.4. The predicted octanol–water partition coefficient (Wildman–Crippen LogP) is 2.57. The molecule has 0 bridgehead atoms. The molecule has 0 saturated heterocycles. The van der Waals surface area contributed by atoms with Crippen molar-refractivity contribution in [2.24, 2.45) is 11.8 Å². The maximum absolute atomic E-state index is 12.2. The lowest BCUT2D eigenvalue weighted by Gasteiger charge is -2.18. The number of carboxylic acid groups (broad SMARTS) is 1. The Kier molecular flexibility index (Phi) is 6.34. The lowest BCUT2D eigenvalue weighted by molar-refractivity contribution is -0.138. The summed E-state index contributed by atoms with van der Waals surface area (Å²) >= 11 is 0. The Morgan fingerprint density at radius 2 is 1.95 bits per heavy atom. The third kappa shape index (κ3) is 5.94. The number of hydrogen-bond donors (Lipinski definition) is 2. The summed E-state index contributed by atoms with van der Waals surface area (Å²) in [6.07, 6.45) is 0.849. The maximum atomic E-state index is 12.2. The van der Waals surface area contributed by atoms with Gasteiger partial charge in [0.25, 0.3) is 5.91 Å². The van der Waals surface area contributed by atoms with E-state index in [-0.39, 0.29) is 18.2 Å². The molecule has 0 fully saturated rings. The molecule has 1 amide bonds. The van der Waals surface area contributed by atoms with Crippen LogP contribution in [0.25, 0.3) is 0 Å². The van der Waals surface area contributed by atoms with E-state index < -0.39 is 5.97 Å². The molecule has 0 aliphatic rings. The summed E-state index contributed by atoms with van der Waals surface area (Å²) in [5.74, 6) is -0.679. The molecular weight excluding hydrogens is 268 g/mol. The van der Waals surface area contributed by atoms with Gasteiger partial charge in [0.05, 0.1) is 11.3 Å². The minimum absolute atomic E-state index is 0.0508. The van der Waals surface area contributed by atoms with Crippen molar-refractivity contribution in [1.82, 2.24) is 10.3 Å².